The van der Waals surface area contributed by atoms with E-state index >= 15 is 0 Å². The maximum Gasteiger partial charge on any atom is 0.239 e. The molecule has 0 aliphatic heterocycles. The lowest BCUT2D eigenvalue weighted by atomic mass is 10.1. The third-order valence-electron chi connectivity index (χ3n) is 3.62. The number of nitrogens with zero attached hydrogens (tertiary/aromatic N) is 1. The largest absolute Gasteiger partial charge is 0.354 e. The van der Waals surface area contributed by atoms with Crippen LogP contribution in [0.1, 0.15) is 19.7 Å². The van der Waals surface area contributed by atoms with Crippen LogP contribution in [0.25, 0.3) is 11.0 Å². The highest BCUT2D eigenvalue weighted by Crippen LogP contribution is 2.12. The number of benzene rings is 1. The molecule has 0 radical (unpaired) electrons. The third-order valence-corrected chi connectivity index (χ3v) is 3.62. The molecule has 0 saturated carbocycles. The van der Waals surface area contributed by atoms with E-state index in [1.54, 1.807) is 6.07 Å². The van der Waals surface area contributed by atoms with Crippen molar-refractivity contribution in [1.29, 1.82) is 0 Å². The van der Waals surface area contributed by atoms with E-state index in [2.05, 4.69) is 20.6 Å². The van der Waals surface area contributed by atoms with Crippen molar-refractivity contribution in [2.24, 2.45) is 11.7 Å². The second-order valence-corrected chi connectivity index (χ2v) is 5.93. The molecule has 2 amide bonds. The molecule has 0 bridgehead atoms. The molecule has 7 nitrogen and oxygen atoms in total. The second-order valence-electron chi connectivity index (χ2n) is 5.93. The molecule has 1 aromatic heterocycles. The predicted molar refractivity (Wildman–Crippen MR) is 103 cm³/mol. The molecular formula is C16H24Cl2FN5O2. The fourth-order valence-corrected chi connectivity index (χ4v) is 2.12. The molecule has 2 aromatic rings. The number of rotatable bonds is 7. The Bertz CT molecular complexity index is 738. The smallest absolute Gasteiger partial charge is 0.239 e. The standard InChI is InChI=1S/C16H22FN5O2.2ClH/c1-9(2)15(18)16(24)20-8-14(23)19-6-5-13-21-11-4-3-10(17)7-12(11)22-13;;/h3-4,7,9,15H,5-6,8,18H2,1-2H3,(H,19,23)(H,20,24)(H,21,22);2*1H/t15-;;/m0../s1. The number of amides is 2. The van der Waals surface area contributed by atoms with Crippen LogP contribution in [-0.2, 0) is 16.0 Å². The summed E-state index contributed by atoms with van der Waals surface area (Å²) in [5.74, 6) is -0.324. The number of carbonyl (C=O) groups excluding carboxylic acids is 2. The number of aromatic nitrogens is 2. The normalized spacial score (nSPS) is 11.4. The first-order chi connectivity index (χ1) is 11.4. The molecule has 1 atom stereocenters. The van der Waals surface area contributed by atoms with Gasteiger partial charge in [-0.1, -0.05) is 13.8 Å². The summed E-state index contributed by atoms with van der Waals surface area (Å²) in [6.07, 6.45) is 0.474. The lowest BCUT2D eigenvalue weighted by Crippen LogP contribution is -2.47. The Balaban J connectivity index is 0.00000312. The van der Waals surface area contributed by atoms with Gasteiger partial charge in [0, 0.05) is 13.0 Å². The molecule has 0 aliphatic rings. The summed E-state index contributed by atoms with van der Waals surface area (Å²) < 4.78 is 13.1. The zero-order chi connectivity index (χ0) is 17.7. The summed E-state index contributed by atoms with van der Waals surface area (Å²) in [4.78, 5) is 30.7. The van der Waals surface area contributed by atoms with E-state index in [9.17, 15) is 14.0 Å². The van der Waals surface area contributed by atoms with Crippen LogP contribution in [0.5, 0.6) is 0 Å². The molecule has 0 spiro atoms. The highest BCUT2D eigenvalue weighted by molar-refractivity contribution is 5.87. The zero-order valence-electron chi connectivity index (χ0n) is 14.5. The molecule has 0 unspecified atom stereocenters. The molecule has 26 heavy (non-hydrogen) atoms. The number of fused-ring (bicyclic) bond motifs is 1. The van der Waals surface area contributed by atoms with Crippen molar-refractivity contribution < 1.29 is 14.0 Å². The van der Waals surface area contributed by atoms with E-state index in [4.69, 9.17) is 5.73 Å². The van der Waals surface area contributed by atoms with Gasteiger partial charge in [0.1, 0.15) is 11.6 Å². The number of nitrogens with one attached hydrogen (secondary N) is 3. The summed E-state index contributed by atoms with van der Waals surface area (Å²) in [5.41, 5.74) is 6.98. The van der Waals surface area contributed by atoms with Crippen molar-refractivity contribution in [1.82, 2.24) is 20.6 Å². The van der Waals surface area contributed by atoms with E-state index in [0.717, 1.165) is 0 Å². The minimum atomic E-state index is -0.631. The third kappa shape index (κ3) is 6.78. The van der Waals surface area contributed by atoms with Crippen molar-refractivity contribution in [2.45, 2.75) is 26.3 Å². The Morgan fingerprint density at radius 3 is 2.62 bits per heavy atom. The van der Waals surface area contributed by atoms with Crippen molar-refractivity contribution in [3.8, 4) is 0 Å². The van der Waals surface area contributed by atoms with E-state index in [1.807, 2.05) is 13.8 Å². The molecule has 1 aromatic carbocycles. The molecule has 0 saturated heterocycles. The van der Waals surface area contributed by atoms with Crippen LogP contribution in [0.3, 0.4) is 0 Å². The van der Waals surface area contributed by atoms with Crippen LogP contribution in [-0.4, -0.2) is 40.9 Å². The van der Waals surface area contributed by atoms with Crippen molar-refractivity contribution >= 4 is 47.7 Å². The summed E-state index contributed by atoms with van der Waals surface area (Å²) in [5, 5.41) is 5.18. The fourth-order valence-electron chi connectivity index (χ4n) is 2.12. The number of imidazole rings is 1. The molecule has 10 heteroatoms. The average Bonchev–Trinajstić information content (AvgIpc) is 2.93. The quantitative estimate of drug-likeness (QED) is 0.553. The molecule has 2 rings (SSSR count). The number of hydrogen-bond acceptors (Lipinski definition) is 4. The highest BCUT2D eigenvalue weighted by Gasteiger charge is 2.17. The van der Waals surface area contributed by atoms with Gasteiger partial charge in [-0.15, -0.1) is 24.8 Å². The van der Waals surface area contributed by atoms with Crippen LogP contribution < -0.4 is 16.4 Å². The first-order valence-electron chi connectivity index (χ1n) is 7.81. The van der Waals surface area contributed by atoms with Crippen LogP contribution in [0.2, 0.25) is 0 Å². The molecule has 146 valence electrons. The van der Waals surface area contributed by atoms with Crippen LogP contribution in [0, 0.1) is 11.7 Å². The Kier molecular flexibility index (Phi) is 10.1. The van der Waals surface area contributed by atoms with Crippen LogP contribution in [0.4, 0.5) is 4.39 Å². The van der Waals surface area contributed by atoms with Crippen LogP contribution in [0.15, 0.2) is 18.2 Å². The minimum Gasteiger partial charge on any atom is -0.354 e. The van der Waals surface area contributed by atoms with Crippen molar-refractivity contribution in [3.63, 3.8) is 0 Å². The van der Waals surface area contributed by atoms with Gasteiger partial charge in [-0.25, -0.2) is 9.37 Å². The number of carbonyl (C=O) groups is 2. The van der Waals surface area contributed by atoms with Gasteiger partial charge in [-0.3, -0.25) is 9.59 Å². The fraction of sp³-hybridized carbons (Fsp3) is 0.438. The average molecular weight is 408 g/mol. The highest BCUT2D eigenvalue weighted by atomic mass is 35.5. The Morgan fingerprint density at radius 1 is 1.27 bits per heavy atom. The first kappa shape index (κ1) is 24.1. The summed E-state index contributed by atoms with van der Waals surface area (Å²) >= 11 is 0. The van der Waals surface area contributed by atoms with E-state index in [-0.39, 0.29) is 54.9 Å². The molecule has 5 N–H and O–H groups in total. The summed E-state index contributed by atoms with van der Waals surface area (Å²) in [6.45, 7) is 3.91. The van der Waals surface area contributed by atoms with Gasteiger partial charge in [0.15, 0.2) is 0 Å². The number of aromatic amines is 1. The van der Waals surface area contributed by atoms with Gasteiger partial charge >= 0.3 is 0 Å². The van der Waals surface area contributed by atoms with E-state index in [0.29, 0.717) is 29.8 Å². The van der Waals surface area contributed by atoms with E-state index in [1.165, 1.54) is 12.1 Å². The number of halogens is 3. The van der Waals surface area contributed by atoms with Crippen molar-refractivity contribution in [3.05, 3.63) is 29.8 Å². The SMILES string of the molecule is CC(C)[C@H](N)C(=O)NCC(=O)NCCc1nc2ccc(F)cc2[nH]1.Cl.Cl. The molecule has 1 heterocycles. The Labute approximate surface area is 163 Å². The van der Waals surface area contributed by atoms with Gasteiger partial charge in [0.2, 0.25) is 11.8 Å². The van der Waals surface area contributed by atoms with Gasteiger partial charge in [0.25, 0.3) is 0 Å². The minimum absolute atomic E-state index is 0. The van der Waals surface area contributed by atoms with Gasteiger partial charge in [-0.2, -0.15) is 0 Å². The van der Waals surface area contributed by atoms with Gasteiger partial charge in [-0.05, 0) is 24.1 Å². The molecular weight excluding hydrogens is 384 g/mol. The maximum atomic E-state index is 13.1. The molecule has 0 fully saturated rings. The number of H-pyrrole nitrogens is 1. The Hall–Kier alpha value is -1.90. The maximum absolute atomic E-state index is 13.1. The predicted octanol–water partition coefficient (Wildman–Crippen LogP) is 1.30. The Morgan fingerprint density at radius 2 is 1.96 bits per heavy atom. The lowest BCUT2D eigenvalue weighted by Gasteiger charge is -2.15. The van der Waals surface area contributed by atoms with Crippen LogP contribution >= 0.6 is 24.8 Å². The van der Waals surface area contributed by atoms with Gasteiger partial charge < -0.3 is 21.4 Å². The monoisotopic (exact) mass is 407 g/mol. The summed E-state index contributed by atoms with van der Waals surface area (Å²) in [6, 6.07) is 3.68. The topological polar surface area (TPSA) is 113 Å². The number of nitrogens with two attached hydrogens (primary N) is 1. The van der Waals surface area contributed by atoms with Crippen molar-refractivity contribution in [2.75, 3.05) is 13.1 Å². The second kappa shape index (κ2) is 10.9. The number of hydrogen-bond donors (Lipinski definition) is 4. The van der Waals surface area contributed by atoms with E-state index < -0.39 is 6.04 Å². The molecule has 0 aliphatic carbocycles. The van der Waals surface area contributed by atoms with Gasteiger partial charge in [0.05, 0.1) is 23.6 Å². The summed E-state index contributed by atoms with van der Waals surface area (Å²) in [7, 11) is 0. The zero-order valence-corrected chi connectivity index (χ0v) is 16.2. The lowest BCUT2D eigenvalue weighted by molar-refractivity contribution is -0.127. The first-order valence-corrected chi connectivity index (χ1v) is 7.81.